The number of carbonyl (C=O) groups is 2. The quantitative estimate of drug-likeness (QED) is 0.203. The molecule has 2 amide bonds. The summed E-state index contributed by atoms with van der Waals surface area (Å²) in [5, 5.41) is 17.7. The zero-order valence-corrected chi connectivity index (χ0v) is 19.8. The number of carbonyl (C=O) groups excluding carboxylic acids is 2. The monoisotopic (exact) mass is 488 g/mol. The highest BCUT2D eigenvalue weighted by molar-refractivity contribution is 6.06. The largest absolute Gasteiger partial charge is 0.497 e. The Morgan fingerprint density at radius 2 is 1.67 bits per heavy atom. The number of amides is 2. The van der Waals surface area contributed by atoms with Crippen LogP contribution >= 0.6 is 0 Å². The Balaban J connectivity index is 1.92. The highest BCUT2D eigenvalue weighted by Crippen LogP contribution is 2.26. The first kappa shape index (κ1) is 25.6. The van der Waals surface area contributed by atoms with Crippen molar-refractivity contribution < 1.29 is 24.0 Å². The molecule has 3 aromatic carbocycles. The summed E-state index contributed by atoms with van der Waals surface area (Å²) in [5.41, 5.74) is 3.86. The van der Waals surface area contributed by atoms with Crippen molar-refractivity contribution in [3.63, 3.8) is 0 Å². The van der Waals surface area contributed by atoms with Crippen molar-refractivity contribution in [3.8, 4) is 11.5 Å². The Kier molecular flexibility index (Phi) is 8.49. The van der Waals surface area contributed by atoms with Gasteiger partial charge in [0.25, 0.3) is 17.5 Å². The normalized spacial score (nSPS) is 11.4. The molecule has 0 aliphatic heterocycles. The molecule has 36 heavy (non-hydrogen) atoms. The molecule has 0 saturated carbocycles. The molecule has 184 valence electrons. The predicted octanol–water partition coefficient (Wildman–Crippen LogP) is 3.92. The third-order valence-electron chi connectivity index (χ3n) is 5.07. The number of hydrazone groups is 1. The summed E-state index contributed by atoms with van der Waals surface area (Å²) in [6.07, 6.45) is 1.45. The molecule has 0 aromatic heterocycles. The molecule has 0 radical (unpaired) electrons. The Hall–Kier alpha value is -4.99. The lowest BCUT2D eigenvalue weighted by atomic mass is 10.1. The van der Waals surface area contributed by atoms with Crippen LogP contribution in [-0.4, -0.2) is 36.7 Å². The van der Waals surface area contributed by atoms with Crippen molar-refractivity contribution >= 4 is 29.3 Å². The van der Waals surface area contributed by atoms with E-state index in [2.05, 4.69) is 15.8 Å². The molecule has 0 atom stereocenters. The molecule has 0 spiro atoms. The average Bonchev–Trinajstić information content (AvgIpc) is 2.91. The Labute approximate surface area is 207 Å². The van der Waals surface area contributed by atoms with Gasteiger partial charge in [0.2, 0.25) is 0 Å². The van der Waals surface area contributed by atoms with Crippen LogP contribution in [0, 0.1) is 10.1 Å². The molecule has 3 rings (SSSR count). The number of nitrogens with zero attached hydrogens (tertiary/aromatic N) is 2. The molecule has 0 heterocycles. The zero-order chi connectivity index (χ0) is 26.1. The number of nitro benzene ring substituents is 1. The van der Waals surface area contributed by atoms with Crippen LogP contribution in [0.2, 0.25) is 0 Å². The van der Waals surface area contributed by atoms with Gasteiger partial charge in [-0.05, 0) is 37.3 Å². The number of methoxy groups -OCH3 is 2. The maximum Gasteiger partial charge on any atom is 0.287 e. The summed E-state index contributed by atoms with van der Waals surface area (Å²) in [5.74, 6) is -0.226. The van der Waals surface area contributed by atoms with E-state index < -0.39 is 16.7 Å². The van der Waals surface area contributed by atoms with Gasteiger partial charge < -0.3 is 14.8 Å². The van der Waals surface area contributed by atoms with Gasteiger partial charge in [0, 0.05) is 34.9 Å². The van der Waals surface area contributed by atoms with E-state index in [1.165, 1.54) is 38.5 Å². The minimum atomic E-state index is -0.707. The van der Waals surface area contributed by atoms with Gasteiger partial charge in [0.05, 0.1) is 24.9 Å². The lowest BCUT2D eigenvalue weighted by Gasteiger charge is -2.12. The second-order valence-corrected chi connectivity index (χ2v) is 7.43. The van der Waals surface area contributed by atoms with Crippen LogP contribution in [0.25, 0.3) is 6.08 Å². The summed E-state index contributed by atoms with van der Waals surface area (Å²) >= 11 is 0. The molecule has 0 unspecified atom stereocenters. The minimum Gasteiger partial charge on any atom is -0.497 e. The molecule has 3 aromatic rings. The number of benzene rings is 3. The van der Waals surface area contributed by atoms with Gasteiger partial charge in [-0.15, -0.1) is 0 Å². The second-order valence-electron chi connectivity index (χ2n) is 7.43. The second kappa shape index (κ2) is 11.9. The van der Waals surface area contributed by atoms with Crippen molar-refractivity contribution in [1.29, 1.82) is 0 Å². The van der Waals surface area contributed by atoms with Gasteiger partial charge in [-0.1, -0.05) is 30.3 Å². The number of hydrogen-bond donors (Lipinski definition) is 2. The number of nitro groups is 1. The lowest BCUT2D eigenvalue weighted by Crippen LogP contribution is -2.33. The summed E-state index contributed by atoms with van der Waals surface area (Å²) in [6, 6.07) is 19.3. The summed E-state index contributed by atoms with van der Waals surface area (Å²) < 4.78 is 10.6. The predicted molar refractivity (Wildman–Crippen MR) is 135 cm³/mol. The molecule has 0 bridgehead atoms. The maximum atomic E-state index is 13.1. The van der Waals surface area contributed by atoms with Crippen molar-refractivity contribution in [2.24, 2.45) is 5.10 Å². The minimum absolute atomic E-state index is 0.0945. The fourth-order valence-corrected chi connectivity index (χ4v) is 3.14. The van der Waals surface area contributed by atoms with Crippen molar-refractivity contribution in [1.82, 2.24) is 10.7 Å². The standard InChI is InChI=1S/C26H24N4O6/c1-17(19-10-7-11-21(14-19)30(33)34)28-29-26(32)23(27-25(31)18-8-5-4-6-9-18)15-20-12-13-22(35-2)16-24(20)36-3/h4-16H,1-3H3,(H,27,31)(H,29,32). The highest BCUT2D eigenvalue weighted by atomic mass is 16.6. The van der Waals surface area contributed by atoms with Crippen LogP contribution in [0.3, 0.4) is 0 Å². The smallest absolute Gasteiger partial charge is 0.287 e. The number of ether oxygens (including phenoxy) is 2. The third-order valence-corrected chi connectivity index (χ3v) is 5.07. The molecular formula is C26H24N4O6. The first-order chi connectivity index (χ1) is 17.3. The molecule has 2 N–H and O–H groups in total. The van der Waals surface area contributed by atoms with Gasteiger partial charge in [-0.3, -0.25) is 19.7 Å². The van der Waals surface area contributed by atoms with E-state index in [-0.39, 0.29) is 11.4 Å². The molecule has 0 fully saturated rings. The molecule has 10 nitrogen and oxygen atoms in total. The van der Waals surface area contributed by atoms with E-state index in [4.69, 9.17) is 9.47 Å². The Morgan fingerprint density at radius 3 is 2.33 bits per heavy atom. The van der Waals surface area contributed by atoms with Crippen LogP contribution in [0.1, 0.15) is 28.4 Å². The Morgan fingerprint density at radius 1 is 0.944 bits per heavy atom. The topological polar surface area (TPSA) is 132 Å². The number of rotatable bonds is 9. The summed E-state index contributed by atoms with van der Waals surface area (Å²) in [6.45, 7) is 1.60. The lowest BCUT2D eigenvalue weighted by molar-refractivity contribution is -0.384. The fraction of sp³-hybridized carbons (Fsp3) is 0.115. The Bertz CT molecular complexity index is 1340. The molecule has 10 heteroatoms. The van der Waals surface area contributed by atoms with Gasteiger partial charge in [0.15, 0.2) is 0 Å². The van der Waals surface area contributed by atoms with Gasteiger partial charge >= 0.3 is 0 Å². The molecule has 0 aliphatic rings. The summed E-state index contributed by atoms with van der Waals surface area (Å²) in [7, 11) is 2.99. The van der Waals surface area contributed by atoms with Crippen LogP contribution < -0.4 is 20.2 Å². The number of hydrogen-bond acceptors (Lipinski definition) is 7. The van der Waals surface area contributed by atoms with Crippen molar-refractivity contribution in [2.75, 3.05) is 14.2 Å². The van der Waals surface area contributed by atoms with E-state index in [9.17, 15) is 19.7 Å². The number of non-ortho nitro benzene ring substituents is 1. The van der Waals surface area contributed by atoms with Crippen molar-refractivity contribution in [3.05, 3.63) is 105 Å². The van der Waals surface area contributed by atoms with Gasteiger partial charge in [-0.25, -0.2) is 5.43 Å². The van der Waals surface area contributed by atoms with Crippen LogP contribution in [0.5, 0.6) is 11.5 Å². The zero-order valence-electron chi connectivity index (χ0n) is 19.8. The first-order valence-corrected chi connectivity index (χ1v) is 10.7. The molecule has 0 aliphatic carbocycles. The van der Waals surface area contributed by atoms with E-state index >= 15 is 0 Å². The van der Waals surface area contributed by atoms with E-state index in [1.807, 2.05) is 0 Å². The van der Waals surface area contributed by atoms with Gasteiger partial charge in [0.1, 0.15) is 17.2 Å². The molecular weight excluding hydrogens is 464 g/mol. The van der Waals surface area contributed by atoms with Crippen LogP contribution in [0.15, 0.2) is 83.6 Å². The first-order valence-electron chi connectivity index (χ1n) is 10.7. The number of nitrogens with one attached hydrogen (secondary N) is 2. The van der Waals surface area contributed by atoms with Crippen LogP contribution in [0.4, 0.5) is 5.69 Å². The SMILES string of the molecule is COc1ccc(C=C(NC(=O)c2ccccc2)C(=O)NN=C(C)c2cccc([N+](=O)[O-])c2)c(OC)c1. The molecule has 0 saturated heterocycles. The maximum absolute atomic E-state index is 13.1. The third kappa shape index (κ3) is 6.54. The van der Waals surface area contributed by atoms with Gasteiger partial charge in [-0.2, -0.15) is 5.10 Å². The van der Waals surface area contributed by atoms with E-state index in [0.29, 0.717) is 33.9 Å². The van der Waals surface area contributed by atoms with E-state index in [1.54, 1.807) is 61.5 Å². The summed E-state index contributed by atoms with van der Waals surface area (Å²) in [4.78, 5) is 36.4. The van der Waals surface area contributed by atoms with Crippen LogP contribution in [-0.2, 0) is 4.79 Å². The van der Waals surface area contributed by atoms with E-state index in [0.717, 1.165) is 0 Å². The average molecular weight is 489 g/mol. The fourth-order valence-electron chi connectivity index (χ4n) is 3.14. The highest BCUT2D eigenvalue weighted by Gasteiger charge is 2.16. The van der Waals surface area contributed by atoms with Crippen molar-refractivity contribution in [2.45, 2.75) is 6.92 Å².